The number of aryl methyl sites for hydroxylation is 2. The molecule has 0 aliphatic carbocycles. The monoisotopic (exact) mass is 275 g/mol. The van der Waals surface area contributed by atoms with Crippen LogP contribution in [0.1, 0.15) is 35.2 Å². The SMILES string of the molecule is CCNC(c1cccc(F)c1)c1c(C)cc(F)cc1C. The first-order valence-electron chi connectivity index (χ1n) is 6.78. The average Bonchev–Trinajstić information content (AvgIpc) is 2.36. The first kappa shape index (κ1) is 14.7. The summed E-state index contributed by atoms with van der Waals surface area (Å²) in [4.78, 5) is 0. The fraction of sp³-hybridized carbons (Fsp3) is 0.294. The van der Waals surface area contributed by atoms with Crippen LogP contribution < -0.4 is 5.32 Å². The van der Waals surface area contributed by atoms with Gasteiger partial charge in [0.05, 0.1) is 6.04 Å². The van der Waals surface area contributed by atoms with Gasteiger partial charge in [0.15, 0.2) is 0 Å². The van der Waals surface area contributed by atoms with E-state index in [2.05, 4.69) is 5.32 Å². The number of hydrogen-bond donors (Lipinski definition) is 1. The summed E-state index contributed by atoms with van der Waals surface area (Å²) in [5.74, 6) is -0.499. The summed E-state index contributed by atoms with van der Waals surface area (Å²) in [6.45, 7) is 6.52. The summed E-state index contributed by atoms with van der Waals surface area (Å²) in [6.07, 6.45) is 0. The van der Waals surface area contributed by atoms with Crippen molar-refractivity contribution in [1.82, 2.24) is 5.32 Å². The fourth-order valence-electron chi connectivity index (χ4n) is 2.65. The third-order valence-electron chi connectivity index (χ3n) is 3.44. The van der Waals surface area contributed by atoms with E-state index >= 15 is 0 Å². The number of nitrogens with one attached hydrogen (secondary N) is 1. The summed E-state index contributed by atoms with van der Waals surface area (Å²) < 4.78 is 26.9. The van der Waals surface area contributed by atoms with Crippen LogP contribution in [0.2, 0.25) is 0 Å². The Labute approximate surface area is 118 Å². The molecular formula is C17H19F2N. The number of hydrogen-bond acceptors (Lipinski definition) is 1. The molecule has 0 bridgehead atoms. The highest BCUT2D eigenvalue weighted by molar-refractivity contribution is 5.42. The topological polar surface area (TPSA) is 12.0 Å². The third-order valence-corrected chi connectivity index (χ3v) is 3.44. The molecule has 2 aromatic rings. The number of rotatable bonds is 4. The van der Waals surface area contributed by atoms with Gasteiger partial charge in [0, 0.05) is 0 Å². The standard InChI is InChI=1S/C17H19F2N/c1-4-20-17(13-6-5-7-14(18)10-13)16-11(2)8-15(19)9-12(16)3/h5-10,17,20H,4H2,1-3H3. The van der Waals surface area contributed by atoms with Crippen LogP contribution in [0.25, 0.3) is 0 Å². The quantitative estimate of drug-likeness (QED) is 0.878. The second kappa shape index (κ2) is 6.14. The van der Waals surface area contributed by atoms with Crippen LogP contribution >= 0.6 is 0 Å². The Morgan fingerprint density at radius 2 is 1.65 bits per heavy atom. The lowest BCUT2D eigenvalue weighted by Gasteiger charge is -2.23. The van der Waals surface area contributed by atoms with Gasteiger partial charge in [-0.2, -0.15) is 0 Å². The number of benzene rings is 2. The van der Waals surface area contributed by atoms with E-state index in [9.17, 15) is 8.78 Å². The Morgan fingerprint density at radius 1 is 1.00 bits per heavy atom. The van der Waals surface area contributed by atoms with Gasteiger partial charge in [-0.3, -0.25) is 0 Å². The minimum Gasteiger partial charge on any atom is -0.307 e. The van der Waals surface area contributed by atoms with Crippen molar-refractivity contribution >= 4 is 0 Å². The van der Waals surface area contributed by atoms with Crippen molar-refractivity contribution in [2.75, 3.05) is 6.54 Å². The minimum absolute atomic E-state index is 0.128. The van der Waals surface area contributed by atoms with Gasteiger partial charge in [-0.1, -0.05) is 19.1 Å². The Hall–Kier alpha value is -1.74. The molecule has 0 aliphatic heterocycles. The van der Waals surface area contributed by atoms with Crippen LogP contribution in [0.3, 0.4) is 0 Å². The number of halogens is 2. The summed E-state index contributed by atoms with van der Waals surface area (Å²) >= 11 is 0. The maximum Gasteiger partial charge on any atom is 0.123 e. The second-order valence-corrected chi connectivity index (χ2v) is 5.00. The molecule has 0 fully saturated rings. The lowest BCUT2D eigenvalue weighted by molar-refractivity contribution is 0.594. The van der Waals surface area contributed by atoms with Gasteiger partial charge < -0.3 is 5.32 Å². The molecule has 0 radical (unpaired) electrons. The van der Waals surface area contributed by atoms with Crippen molar-refractivity contribution in [3.8, 4) is 0 Å². The van der Waals surface area contributed by atoms with Crippen LogP contribution in [-0.4, -0.2) is 6.54 Å². The van der Waals surface area contributed by atoms with E-state index < -0.39 is 0 Å². The Kier molecular flexibility index (Phi) is 4.50. The zero-order valence-electron chi connectivity index (χ0n) is 12.0. The van der Waals surface area contributed by atoms with Crippen molar-refractivity contribution in [3.05, 3.63) is 70.3 Å². The molecule has 20 heavy (non-hydrogen) atoms. The van der Waals surface area contributed by atoms with Crippen LogP contribution in [0.15, 0.2) is 36.4 Å². The molecule has 3 heteroatoms. The molecule has 0 saturated carbocycles. The average molecular weight is 275 g/mol. The van der Waals surface area contributed by atoms with E-state index in [-0.39, 0.29) is 17.7 Å². The van der Waals surface area contributed by atoms with Crippen molar-refractivity contribution in [1.29, 1.82) is 0 Å². The van der Waals surface area contributed by atoms with E-state index in [0.717, 1.165) is 28.8 Å². The molecule has 0 aliphatic rings. The van der Waals surface area contributed by atoms with Crippen molar-refractivity contribution in [3.63, 3.8) is 0 Å². The van der Waals surface area contributed by atoms with Crippen molar-refractivity contribution < 1.29 is 8.78 Å². The van der Waals surface area contributed by atoms with Gasteiger partial charge in [-0.15, -0.1) is 0 Å². The summed E-state index contributed by atoms with van der Waals surface area (Å²) in [7, 11) is 0. The zero-order chi connectivity index (χ0) is 14.7. The summed E-state index contributed by atoms with van der Waals surface area (Å²) in [5.41, 5.74) is 3.61. The maximum atomic E-state index is 13.5. The molecule has 0 amide bonds. The van der Waals surface area contributed by atoms with E-state index in [1.807, 2.05) is 26.8 Å². The highest BCUT2D eigenvalue weighted by atomic mass is 19.1. The van der Waals surface area contributed by atoms with Gasteiger partial charge in [0.25, 0.3) is 0 Å². The molecule has 0 spiro atoms. The molecule has 2 aromatic carbocycles. The largest absolute Gasteiger partial charge is 0.307 e. The molecule has 1 N–H and O–H groups in total. The van der Waals surface area contributed by atoms with Gasteiger partial charge >= 0.3 is 0 Å². The predicted octanol–water partition coefficient (Wildman–Crippen LogP) is 4.28. The lowest BCUT2D eigenvalue weighted by Crippen LogP contribution is -2.24. The first-order valence-corrected chi connectivity index (χ1v) is 6.78. The van der Waals surface area contributed by atoms with Gasteiger partial charge in [0.2, 0.25) is 0 Å². The molecule has 1 unspecified atom stereocenters. The van der Waals surface area contributed by atoms with E-state index in [1.54, 1.807) is 6.07 Å². The summed E-state index contributed by atoms with van der Waals surface area (Å²) in [5, 5.41) is 3.35. The predicted molar refractivity (Wildman–Crippen MR) is 77.8 cm³/mol. The highest BCUT2D eigenvalue weighted by Crippen LogP contribution is 2.29. The van der Waals surface area contributed by atoms with E-state index in [4.69, 9.17) is 0 Å². The molecule has 0 saturated heterocycles. The van der Waals surface area contributed by atoms with Crippen molar-refractivity contribution in [2.45, 2.75) is 26.8 Å². The maximum absolute atomic E-state index is 13.5. The van der Waals surface area contributed by atoms with Crippen LogP contribution in [-0.2, 0) is 0 Å². The lowest BCUT2D eigenvalue weighted by atomic mass is 9.91. The normalized spacial score (nSPS) is 12.4. The van der Waals surface area contributed by atoms with E-state index in [0.29, 0.717) is 0 Å². The Morgan fingerprint density at radius 3 is 2.20 bits per heavy atom. The van der Waals surface area contributed by atoms with Gasteiger partial charge in [0.1, 0.15) is 11.6 Å². The van der Waals surface area contributed by atoms with Crippen LogP contribution in [0.5, 0.6) is 0 Å². The van der Waals surface area contributed by atoms with Crippen molar-refractivity contribution in [2.24, 2.45) is 0 Å². The van der Waals surface area contributed by atoms with Crippen LogP contribution in [0, 0.1) is 25.5 Å². The van der Waals surface area contributed by atoms with E-state index in [1.165, 1.54) is 24.3 Å². The molecule has 106 valence electrons. The molecule has 0 aromatic heterocycles. The molecule has 1 nitrogen and oxygen atoms in total. The molecular weight excluding hydrogens is 256 g/mol. The highest BCUT2D eigenvalue weighted by Gasteiger charge is 2.18. The van der Waals surface area contributed by atoms with Gasteiger partial charge in [-0.05, 0) is 66.9 Å². The fourth-order valence-corrected chi connectivity index (χ4v) is 2.65. The Bertz CT molecular complexity index is 585. The minimum atomic E-state index is -0.261. The van der Waals surface area contributed by atoms with Crippen LogP contribution in [0.4, 0.5) is 8.78 Å². The molecule has 0 heterocycles. The third kappa shape index (κ3) is 3.05. The smallest absolute Gasteiger partial charge is 0.123 e. The second-order valence-electron chi connectivity index (χ2n) is 5.00. The Balaban J connectivity index is 2.54. The van der Waals surface area contributed by atoms with Gasteiger partial charge in [-0.25, -0.2) is 8.78 Å². The molecule has 2 rings (SSSR count). The first-order chi connectivity index (χ1) is 9.52. The zero-order valence-corrected chi connectivity index (χ0v) is 12.0. The molecule has 1 atom stereocenters. The summed E-state index contributed by atoms with van der Waals surface area (Å²) in [6, 6.07) is 9.45.